The minimum atomic E-state index is -0.376. The van der Waals surface area contributed by atoms with Gasteiger partial charge in [0.25, 0.3) is 5.91 Å². The Morgan fingerprint density at radius 1 is 1.03 bits per heavy atom. The zero-order chi connectivity index (χ0) is 20.6. The van der Waals surface area contributed by atoms with Crippen LogP contribution in [0, 0.1) is 0 Å². The van der Waals surface area contributed by atoms with Crippen LogP contribution in [0.25, 0.3) is 0 Å². The summed E-state index contributed by atoms with van der Waals surface area (Å²) < 4.78 is 5.74. The zero-order valence-electron chi connectivity index (χ0n) is 17.9. The summed E-state index contributed by atoms with van der Waals surface area (Å²) in [6.45, 7) is 1.37. The minimum absolute atomic E-state index is 0.0790. The van der Waals surface area contributed by atoms with Crippen LogP contribution in [-0.4, -0.2) is 47.6 Å². The Bertz CT molecular complexity index is 789. The van der Waals surface area contributed by atoms with E-state index in [4.69, 9.17) is 4.74 Å². The van der Waals surface area contributed by atoms with Gasteiger partial charge in [-0.05, 0) is 50.2 Å². The van der Waals surface area contributed by atoms with Crippen LogP contribution in [0.2, 0.25) is 0 Å². The molecule has 2 aliphatic heterocycles. The molecule has 1 aromatic carbocycles. The van der Waals surface area contributed by atoms with E-state index in [9.17, 15) is 9.59 Å². The number of carbonyl (C=O) groups excluding carboxylic acids is 2. The summed E-state index contributed by atoms with van der Waals surface area (Å²) in [5, 5.41) is 3.23. The molecule has 0 radical (unpaired) electrons. The first-order valence-corrected chi connectivity index (χ1v) is 12.0. The molecule has 1 aromatic rings. The molecule has 2 saturated carbocycles. The smallest absolute Gasteiger partial charge is 0.254 e. The molecule has 2 heterocycles. The lowest BCUT2D eigenvalue weighted by molar-refractivity contribution is -0.128. The van der Waals surface area contributed by atoms with Gasteiger partial charge in [-0.1, -0.05) is 50.3 Å². The molecule has 4 aliphatic rings. The summed E-state index contributed by atoms with van der Waals surface area (Å²) in [5.74, 6) is -0.0494. The highest BCUT2D eigenvalue weighted by Gasteiger charge is 2.56. The highest BCUT2D eigenvalue weighted by atomic mass is 16.5. The first-order valence-electron chi connectivity index (χ1n) is 12.0. The Labute approximate surface area is 179 Å². The molecule has 1 saturated heterocycles. The largest absolute Gasteiger partial charge is 0.376 e. The molecule has 1 N–H and O–H groups in total. The topological polar surface area (TPSA) is 58.6 Å². The standard InChI is InChI=1S/C25H34N2O3/c28-23(26-17-19-11-8-16-30-19)22-20-12-4-5-13-21(20)24(29)27(18-9-2-3-10-18)25(22)14-6-1-7-15-25/h4-5,12-13,18-19,22H,1-3,6-11,14-17H2,(H,26,28)/t19-,22+/m0/s1. The molecular weight excluding hydrogens is 376 g/mol. The SMILES string of the molecule is O=C(NC[C@@H]1CCCO1)[C@H]1c2ccccc2C(=O)N(C2CCCC2)C12CCCCC2. The van der Waals surface area contributed by atoms with Gasteiger partial charge >= 0.3 is 0 Å². The average molecular weight is 411 g/mol. The summed E-state index contributed by atoms with van der Waals surface area (Å²) in [5.41, 5.74) is 1.29. The number of nitrogens with one attached hydrogen (secondary N) is 1. The average Bonchev–Trinajstić information content (AvgIpc) is 3.48. The Morgan fingerprint density at radius 2 is 1.80 bits per heavy atom. The second-order valence-electron chi connectivity index (χ2n) is 9.68. The Hall–Kier alpha value is -1.88. The normalized spacial score (nSPS) is 28.7. The summed E-state index contributed by atoms with van der Waals surface area (Å²) in [6, 6.07) is 8.14. The van der Waals surface area contributed by atoms with Crippen molar-refractivity contribution in [3.05, 3.63) is 35.4 Å². The minimum Gasteiger partial charge on any atom is -0.376 e. The third-order valence-corrected chi connectivity index (χ3v) is 7.94. The van der Waals surface area contributed by atoms with Crippen molar-refractivity contribution in [1.29, 1.82) is 0 Å². The summed E-state index contributed by atoms with van der Waals surface area (Å²) in [6.07, 6.45) is 12.0. The van der Waals surface area contributed by atoms with E-state index in [2.05, 4.69) is 10.2 Å². The fourth-order valence-electron chi connectivity index (χ4n) is 6.60. The molecule has 1 spiro atoms. The Balaban J connectivity index is 1.54. The zero-order valence-corrected chi connectivity index (χ0v) is 17.9. The van der Waals surface area contributed by atoms with Crippen molar-refractivity contribution in [2.75, 3.05) is 13.2 Å². The van der Waals surface area contributed by atoms with Gasteiger partial charge in [0.15, 0.2) is 0 Å². The molecule has 5 heteroatoms. The third-order valence-electron chi connectivity index (χ3n) is 7.94. The number of hydrogen-bond donors (Lipinski definition) is 1. The number of benzene rings is 1. The Kier molecular flexibility index (Phi) is 5.57. The fraction of sp³-hybridized carbons (Fsp3) is 0.680. The van der Waals surface area contributed by atoms with E-state index in [-0.39, 0.29) is 35.4 Å². The monoisotopic (exact) mass is 410 g/mol. The predicted molar refractivity (Wildman–Crippen MR) is 115 cm³/mol. The van der Waals surface area contributed by atoms with Gasteiger partial charge in [-0.15, -0.1) is 0 Å². The summed E-state index contributed by atoms with van der Waals surface area (Å²) in [7, 11) is 0. The molecule has 2 atom stereocenters. The summed E-state index contributed by atoms with van der Waals surface area (Å²) in [4.78, 5) is 29.7. The van der Waals surface area contributed by atoms with Crippen LogP contribution in [0.4, 0.5) is 0 Å². The number of hydrogen-bond acceptors (Lipinski definition) is 3. The van der Waals surface area contributed by atoms with Gasteiger partial charge < -0.3 is 15.0 Å². The maximum Gasteiger partial charge on any atom is 0.254 e. The third kappa shape index (κ3) is 3.35. The number of amides is 2. The van der Waals surface area contributed by atoms with E-state index in [1.165, 1.54) is 19.3 Å². The van der Waals surface area contributed by atoms with Crippen LogP contribution in [0.5, 0.6) is 0 Å². The molecule has 2 amide bonds. The molecular formula is C25H34N2O3. The van der Waals surface area contributed by atoms with Crippen LogP contribution >= 0.6 is 0 Å². The van der Waals surface area contributed by atoms with Crippen molar-refractivity contribution in [3.8, 4) is 0 Å². The van der Waals surface area contributed by atoms with Gasteiger partial charge in [0, 0.05) is 24.8 Å². The van der Waals surface area contributed by atoms with E-state index < -0.39 is 0 Å². The van der Waals surface area contributed by atoms with Gasteiger partial charge in [-0.3, -0.25) is 9.59 Å². The van der Waals surface area contributed by atoms with Gasteiger partial charge in [0.05, 0.1) is 17.6 Å². The van der Waals surface area contributed by atoms with E-state index in [0.29, 0.717) is 6.54 Å². The molecule has 3 fully saturated rings. The predicted octanol–water partition coefficient (Wildman–Crippen LogP) is 4.17. The summed E-state index contributed by atoms with van der Waals surface area (Å²) >= 11 is 0. The lowest BCUT2D eigenvalue weighted by Gasteiger charge is -2.56. The van der Waals surface area contributed by atoms with E-state index in [0.717, 1.165) is 69.1 Å². The van der Waals surface area contributed by atoms with Gasteiger partial charge in [-0.25, -0.2) is 0 Å². The van der Waals surface area contributed by atoms with E-state index in [1.54, 1.807) is 0 Å². The van der Waals surface area contributed by atoms with Gasteiger partial charge in [0.1, 0.15) is 0 Å². The van der Waals surface area contributed by atoms with E-state index in [1.807, 2.05) is 24.3 Å². The van der Waals surface area contributed by atoms with Crippen LogP contribution in [-0.2, 0) is 9.53 Å². The van der Waals surface area contributed by atoms with Crippen LogP contribution in [0.15, 0.2) is 24.3 Å². The van der Waals surface area contributed by atoms with Crippen LogP contribution in [0.1, 0.15) is 92.5 Å². The van der Waals surface area contributed by atoms with Gasteiger partial charge in [0.2, 0.25) is 5.91 Å². The molecule has 0 bridgehead atoms. The van der Waals surface area contributed by atoms with E-state index >= 15 is 0 Å². The number of ether oxygens (including phenoxy) is 1. The molecule has 5 rings (SSSR count). The molecule has 30 heavy (non-hydrogen) atoms. The van der Waals surface area contributed by atoms with Crippen LogP contribution in [0.3, 0.4) is 0 Å². The first-order chi connectivity index (χ1) is 14.7. The number of fused-ring (bicyclic) bond motifs is 1. The highest BCUT2D eigenvalue weighted by Crippen LogP contribution is 2.51. The van der Waals surface area contributed by atoms with Crippen molar-refractivity contribution < 1.29 is 14.3 Å². The molecule has 5 nitrogen and oxygen atoms in total. The first kappa shape index (κ1) is 20.0. The quantitative estimate of drug-likeness (QED) is 0.811. The van der Waals surface area contributed by atoms with Crippen molar-refractivity contribution in [1.82, 2.24) is 10.2 Å². The molecule has 162 valence electrons. The van der Waals surface area contributed by atoms with Crippen LogP contribution < -0.4 is 5.32 Å². The molecule has 0 unspecified atom stereocenters. The highest BCUT2D eigenvalue weighted by molar-refractivity contribution is 6.02. The van der Waals surface area contributed by atoms with Crippen molar-refractivity contribution in [2.24, 2.45) is 0 Å². The second kappa shape index (κ2) is 8.33. The maximum absolute atomic E-state index is 13.8. The lowest BCUT2D eigenvalue weighted by atomic mass is 9.64. The maximum atomic E-state index is 13.8. The number of nitrogens with zero attached hydrogens (tertiary/aromatic N) is 1. The fourth-order valence-corrected chi connectivity index (χ4v) is 6.60. The number of rotatable bonds is 4. The van der Waals surface area contributed by atoms with Gasteiger partial charge in [-0.2, -0.15) is 0 Å². The number of carbonyl (C=O) groups is 2. The van der Waals surface area contributed by atoms with Crippen molar-refractivity contribution >= 4 is 11.8 Å². The molecule has 2 aliphatic carbocycles. The lowest BCUT2D eigenvalue weighted by Crippen LogP contribution is -2.65. The van der Waals surface area contributed by atoms with Crippen molar-refractivity contribution in [2.45, 2.75) is 94.2 Å². The van der Waals surface area contributed by atoms with Crippen molar-refractivity contribution in [3.63, 3.8) is 0 Å². The molecule has 0 aromatic heterocycles. The Morgan fingerprint density at radius 3 is 2.53 bits per heavy atom. The second-order valence-corrected chi connectivity index (χ2v) is 9.68.